The molecule has 1 aromatic carbocycles. The molecule has 3 rings (SSSR count). The molecule has 0 aromatic heterocycles. The molecular formula is C14H18N2OS. The number of hydrogen-bond acceptors (Lipinski definition) is 3. The summed E-state index contributed by atoms with van der Waals surface area (Å²) < 4.78 is 0. The van der Waals surface area contributed by atoms with Gasteiger partial charge in [0.2, 0.25) is 0 Å². The Bertz CT molecular complexity index is 501. The number of carbonyl (C=O) groups is 1. The molecule has 1 aromatic rings. The Hall–Kier alpha value is -1.00. The molecule has 1 unspecified atom stereocenters. The molecule has 1 fully saturated rings. The van der Waals surface area contributed by atoms with Gasteiger partial charge in [0.1, 0.15) is 0 Å². The standard InChI is InChI=1S/C14H18N2OS/c1-3-9-6-10-11-8-15-4-5-16(11)14(17)13(10)12(7-9)18-2/h6-7,11,15H,3-5,8H2,1-2H3. The summed E-state index contributed by atoms with van der Waals surface area (Å²) >= 11 is 1.69. The molecule has 0 bridgehead atoms. The first-order valence-corrected chi connectivity index (χ1v) is 7.71. The predicted octanol–water partition coefficient (Wildman–Crippen LogP) is 2.07. The Kier molecular flexibility index (Phi) is 3.08. The van der Waals surface area contributed by atoms with E-state index in [1.807, 2.05) is 4.90 Å². The molecule has 18 heavy (non-hydrogen) atoms. The van der Waals surface area contributed by atoms with Gasteiger partial charge >= 0.3 is 0 Å². The second-order valence-electron chi connectivity index (χ2n) is 4.83. The van der Waals surface area contributed by atoms with Crippen LogP contribution in [0.1, 0.15) is 34.5 Å². The first kappa shape index (κ1) is 12.1. The van der Waals surface area contributed by atoms with E-state index in [1.165, 1.54) is 11.1 Å². The van der Waals surface area contributed by atoms with E-state index in [0.717, 1.165) is 36.5 Å². The summed E-state index contributed by atoms with van der Waals surface area (Å²) in [6.45, 7) is 4.79. The van der Waals surface area contributed by atoms with Gasteiger partial charge in [0.25, 0.3) is 5.91 Å². The second kappa shape index (κ2) is 4.59. The molecule has 0 aliphatic carbocycles. The summed E-state index contributed by atoms with van der Waals surface area (Å²) in [5.74, 6) is 0.225. The number of amides is 1. The van der Waals surface area contributed by atoms with Crippen LogP contribution in [0, 0.1) is 0 Å². The van der Waals surface area contributed by atoms with Gasteiger partial charge in [0.05, 0.1) is 11.6 Å². The van der Waals surface area contributed by atoms with Crippen molar-refractivity contribution < 1.29 is 4.79 Å². The number of aryl methyl sites for hydroxylation is 1. The van der Waals surface area contributed by atoms with Crippen LogP contribution in [0.2, 0.25) is 0 Å². The van der Waals surface area contributed by atoms with Crippen LogP contribution < -0.4 is 5.32 Å². The van der Waals surface area contributed by atoms with Crippen LogP contribution in [-0.2, 0) is 6.42 Å². The van der Waals surface area contributed by atoms with Crippen LogP contribution in [-0.4, -0.2) is 36.7 Å². The summed E-state index contributed by atoms with van der Waals surface area (Å²) in [5, 5.41) is 3.39. The average Bonchev–Trinajstić information content (AvgIpc) is 2.72. The number of hydrogen-bond donors (Lipinski definition) is 1. The predicted molar refractivity (Wildman–Crippen MR) is 74.2 cm³/mol. The van der Waals surface area contributed by atoms with E-state index in [2.05, 4.69) is 30.6 Å². The van der Waals surface area contributed by atoms with Crippen LogP contribution in [0.25, 0.3) is 0 Å². The Morgan fingerprint density at radius 2 is 2.33 bits per heavy atom. The van der Waals surface area contributed by atoms with E-state index < -0.39 is 0 Å². The van der Waals surface area contributed by atoms with Gasteiger partial charge in [-0.15, -0.1) is 11.8 Å². The van der Waals surface area contributed by atoms with Crippen molar-refractivity contribution >= 4 is 17.7 Å². The summed E-state index contributed by atoms with van der Waals surface area (Å²) in [6, 6.07) is 4.65. The second-order valence-corrected chi connectivity index (χ2v) is 5.68. The van der Waals surface area contributed by atoms with Crippen molar-refractivity contribution in [3.63, 3.8) is 0 Å². The van der Waals surface area contributed by atoms with E-state index in [4.69, 9.17) is 0 Å². The van der Waals surface area contributed by atoms with Crippen molar-refractivity contribution in [3.8, 4) is 0 Å². The van der Waals surface area contributed by atoms with Crippen LogP contribution in [0.4, 0.5) is 0 Å². The van der Waals surface area contributed by atoms with E-state index in [9.17, 15) is 4.79 Å². The molecule has 2 heterocycles. The molecule has 0 radical (unpaired) electrons. The highest BCUT2D eigenvalue weighted by molar-refractivity contribution is 7.98. The number of benzene rings is 1. The lowest BCUT2D eigenvalue weighted by atomic mass is 9.99. The van der Waals surface area contributed by atoms with Crippen molar-refractivity contribution in [2.45, 2.75) is 24.3 Å². The van der Waals surface area contributed by atoms with E-state index in [1.54, 1.807) is 11.8 Å². The smallest absolute Gasteiger partial charge is 0.255 e. The largest absolute Gasteiger partial charge is 0.329 e. The van der Waals surface area contributed by atoms with Crippen LogP contribution in [0.5, 0.6) is 0 Å². The highest BCUT2D eigenvalue weighted by atomic mass is 32.2. The van der Waals surface area contributed by atoms with E-state index >= 15 is 0 Å². The lowest BCUT2D eigenvalue weighted by Crippen LogP contribution is -2.44. The van der Waals surface area contributed by atoms with Gasteiger partial charge < -0.3 is 10.2 Å². The normalized spacial score (nSPS) is 22.0. The van der Waals surface area contributed by atoms with Gasteiger partial charge in [-0.3, -0.25) is 4.79 Å². The van der Waals surface area contributed by atoms with Crippen molar-refractivity contribution in [2.24, 2.45) is 0 Å². The molecule has 4 heteroatoms. The maximum Gasteiger partial charge on any atom is 0.255 e. The third kappa shape index (κ3) is 1.67. The van der Waals surface area contributed by atoms with Gasteiger partial charge in [-0.25, -0.2) is 0 Å². The Morgan fingerprint density at radius 3 is 3.06 bits per heavy atom. The molecular weight excluding hydrogens is 244 g/mol. The minimum Gasteiger partial charge on any atom is -0.329 e. The van der Waals surface area contributed by atoms with E-state index in [0.29, 0.717) is 0 Å². The molecule has 1 atom stereocenters. The molecule has 2 aliphatic heterocycles. The maximum absolute atomic E-state index is 12.5. The zero-order valence-corrected chi connectivity index (χ0v) is 11.6. The number of carbonyl (C=O) groups excluding carboxylic acids is 1. The lowest BCUT2D eigenvalue weighted by molar-refractivity contribution is 0.0689. The van der Waals surface area contributed by atoms with Crippen molar-refractivity contribution in [2.75, 3.05) is 25.9 Å². The number of thioether (sulfide) groups is 1. The molecule has 96 valence electrons. The van der Waals surface area contributed by atoms with Gasteiger partial charge in [-0.1, -0.05) is 13.0 Å². The SMILES string of the molecule is CCc1cc(SC)c2c(c1)C1CNCCN1C2=O. The first-order valence-electron chi connectivity index (χ1n) is 6.48. The fraction of sp³-hybridized carbons (Fsp3) is 0.500. The van der Waals surface area contributed by atoms with Gasteiger partial charge in [-0.05, 0) is 29.9 Å². The minimum absolute atomic E-state index is 0.225. The Balaban J connectivity index is 2.15. The highest BCUT2D eigenvalue weighted by Gasteiger charge is 2.39. The monoisotopic (exact) mass is 262 g/mol. The Labute approximate surface area is 112 Å². The van der Waals surface area contributed by atoms with Gasteiger partial charge in [0.15, 0.2) is 0 Å². The number of fused-ring (bicyclic) bond motifs is 3. The van der Waals surface area contributed by atoms with Crippen LogP contribution in [0.15, 0.2) is 17.0 Å². The van der Waals surface area contributed by atoms with Crippen LogP contribution in [0.3, 0.4) is 0 Å². The lowest BCUT2D eigenvalue weighted by Gasteiger charge is -2.30. The third-order valence-corrected chi connectivity index (χ3v) is 4.66. The fourth-order valence-electron chi connectivity index (χ4n) is 2.92. The Morgan fingerprint density at radius 1 is 1.50 bits per heavy atom. The number of nitrogens with zero attached hydrogens (tertiary/aromatic N) is 1. The molecule has 2 aliphatic rings. The maximum atomic E-state index is 12.5. The minimum atomic E-state index is 0.225. The average molecular weight is 262 g/mol. The highest BCUT2D eigenvalue weighted by Crippen LogP contribution is 2.39. The third-order valence-electron chi connectivity index (χ3n) is 3.90. The molecule has 3 nitrogen and oxygen atoms in total. The summed E-state index contributed by atoms with van der Waals surface area (Å²) in [6.07, 6.45) is 3.08. The quantitative estimate of drug-likeness (QED) is 0.828. The number of nitrogens with one attached hydrogen (secondary N) is 1. The molecule has 1 N–H and O–H groups in total. The van der Waals surface area contributed by atoms with Gasteiger partial charge in [-0.2, -0.15) is 0 Å². The number of rotatable bonds is 2. The zero-order chi connectivity index (χ0) is 12.7. The molecule has 0 saturated carbocycles. The van der Waals surface area contributed by atoms with Gasteiger partial charge in [0, 0.05) is 24.5 Å². The fourth-order valence-corrected chi connectivity index (χ4v) is 3.60. The van der Waals surface area contributed by atoms with E-state index in [-0.39, 0.29) is 11.9 Å². The van der Waals surface area contributed by atoms with Crippen molar-refractivity contribution in [3.05, 3.63) is 28.8 Å². The topological polar surface area (TPSA) is 32.3 Å². The number of piperazine rings is 1. The van der Waals surface area contributed by atoms with Crippen LogP contribution >= 0.6 is 11.8 Å². The zero-order valence-electron chi connectivity index (χ0n) is 10.8. The first-order chi connectivity index (χ1) is 8.76. The van der Waals surface area contributed by atoms with Crippen molar-refractivity contribution in [1.82, 2.24) is 10.2 Å². The van der Waals surface area contributed by atoms with Crippen molar-refractivity contribution in [1.29, 1.82) is 0 Å². The summed E-state index contributed by atoms with van der Waals surface area (Å²) in [7, 11) is 0. The molecule has 0 spiro atoms. The molecule has 1 saturated heterocycles. The molecule has 1 amide bonds. The summed E-state index contributed by atoms with van der Waals surface area (Å²) in [4.78, 5) is 15.7. The summed E-state index contributed by atoms with van der Waals surface area (Å²) in [5.41, 5.74) is 3.52.